The van der Waals surface area contributed by atoms with Crippen LogP contribution in [0.3, 0.4) is 0 Å². The van der Waals surface area contributed by atoms with E-state index in [-0.39, 0.29) is 0 Å². The van der Waals surface area contributed by atoms with Crippen molar-refractivity contribution in [2.75, 3.05) is 0 Å². The topological polar surface area (TPSA) is 51.3 Å². The van der Waals surface area contributed by atoms with Gasteiger partial charge in [0.15, 0.2) is 0 Å². The normalized spacial score (nSPS) is 16.0. The third-order valence-electron chi connectivity index (χ3n) is 2.27. The van der Waals surface area contributed by atoms with Crippen LogP contribution in [0, 0.1) is 0 Å². The maximum absolute atomic E-state index is 5.58. The van der Waals surface area contributed by atoms with E-state index in [2.05, 4.69) is 16.0 Å². The summed E-state index contributed by atoms with van der Waals surface area (Å²) >= 11 is 0. The van der Waals surface area contributed by atoms with Crippen molar-refractivity contribution in [2.24, 2.45) is 10.7 Å². The Morgan fingerprint density at radius 1 is 1.36 bits per heavy atom. The number of allylic oxidation sites excluding steroid dienone is 1. The van der Waals surface area contributed by atoms with Crippen LogP contribution in [0.1, 0.15) is 18.4 Å². The Hall–Kier alpha value is -1.64. The average Bonchev–Trinajstić information content (AvgIpc) is 2.23. The summed E-state index contributed by atoms with van der Waals surface area (Å²) < 4.78 is 0. The molecule has 0 radical (unpaired) electrons. The molecule has 0 amide bonds. The highest BCUT2D eigenvalue weighted by Gasteiger charge is 2.05. The lowest BCUT2D eigenvalue weighted by molar-refractivity contribution is 0.910. The molecule has 0 aliphatic carbocycles. The van der Waals surface area contributed by atoms with Gasteiger partial charge in [-0.3, -0.25) is 4.98 Å². The number of aliphatic imine (C=N–C) groups is 1. The van der Waals surface area contributed by atoms with E-state index in [1.807, 2.05) is 18.5 Å². The maximum atomic E-state index is 5.58. The molecule has 0 fully saturated rings. The molecule has 1 aliphatic rings. The maximum Gasteiger partial charge on any atom is 0.0992 e. The zero-order valence-corrected chi connectivity index (χ0v) is 7.98. The minimum absolute atomic E-state index is 0.736. The monoisotopic (exact) mass is 187 g/mol. The third-order valence-corrected chi connectivity index (χ3v) is 2.27. The van der Waals surface area contributed by atoms with Crippen LogP contribution in [0.15, 0.2) is 41.3 Å². The van der Waals surface area contributed by atoms with Gasteiger partial charge >= 0.3 is 0 Å². The van der Waals surface area contributed by atoms with Gasteiger partial charge in [0.25, 0.3) is 0 Å². The van der Waals surface area contributed by atoms with Crippen LogP contribution in [0.25, 0.3) is 0 Å². The van der Waals surface area contributed by atoms with E-state index in [0.29, 0.717) is 0 Å². The van der Waals surface area contributed by atoms with Crippen molar-refractivity contribution >= 4 is 5.84 Å². The zero-order chi connectivity index (χ0) is 9.80. The van der Waals surface area contributed by atoms with Crippen LogP contribution in [0.5, 0.6) is 0 Å². The number of amidine groups is 1. The van der Waals surface area contributed by atoms with E-state index < -0.39 is 0 Å². The first-order valence-electron chi connectivity index (χ1n) is 4.73. The third kappa shape index (κ3) is 2.19. The zero-order valence-electron chi connectivity index (χ0n) is 7.98. The highest BCUT2D eigenvalue weighted by molar-refractivity contribution is 5.81. The van der Waals surface area contributed by atoms with Gasteiger partial charge in [0.05, 0.1) is 5.84 Å². The highest BCUT2D eigenvalue weighted by atomic mass is 14.8. The van der Waals surface area contributed by atoms with Crippen LogP contribution in [-0.4, -0.2) is 10.8 Å². The van der Waals surface area contributed by atoms with Gasteiger partial charge in [-0.15, -0.1) is 0 Å². The number of nitrogens with zero attached hydrogens (tertiary/aromatic N) is 2. The van der Waals surface area contributed by atoms with Crippen molar-refractivity contribution in [3.8, 4) is 0 Å². The Morgan fingerprint density at radius 3 is 2.93 bits per heavy atom. The van der Waals surface area contributed by atoms with Gasteiger partial charge in [-0.2, -0.15) is 0 Å². The summed E-state index contributed by atoms with van der Waals surface area (Å²) in [5.41, 5.74) is 8.14. The van der Waals surface area contributed by atoms with Crippen LogP contribution in [0.4, 0.5) is 0 Å². The van der Waals surface area contributed by atoms with Gasteiger partial charge in [-0.1, -0.05) is 6.07 Å². The van der Waals surface area contributed by atoms with Crippen LogP contribution >= 0.6 is 0 Å². The van der Waals surface area contributed by atoms with Crippen molar-refractivity contribution in [1.29, 1.82) is 0 Å². The molecule has 72 valence electrons. The first-order valence-corrected chi connectivity index (χ1v) is 4.73. The summed E-state index contributed by atoms with van der Waals surface area (Å²) in [5, 5.41) is 0. The van der Waals surface area contributed by atoms with Crippen molar-refractivity contribution in [3.63, 3.8) is 0 Å². The van der Waals surface area contributed by atoms with E-state index in [4.69, 9.17) is 5.73 Å². The Kier molecular flexibility index (Phi) is 2.58. The Morgan fingerprint density at radius 2 is 2.29 bits per heavy atom. The number of hydrogen-bond donors (Lipinski definition) is 1. The Labute approximate surface area is 83.4 Å². The molecule has 3 nitrogen and oxygen atoms in total. The van der Waals surface area contributed by atoms with Crippen LogP contribution in [-0.2, 0) is 6.42 Å². The quantitative estimate of drug-likeness (QED) is 0.765. The number of aromatic nitrogens is 1. The second-order valence-electron chi connectivity index (χ2n) is 3.45. The second-order valence-corrected chi connectivity index (χ2v) is 3.45. The smallest absolute Gasteiger partial charge is 0.0992 e. The van der Waals surface area contributed by atoms with Crippen LogP contribution in [0.2, 0.25) is 0 Å². The van der Waals surface area contributed by atoms with Gasteiger partial charge in [0, 0.05) is 25.0 Å². The fourth-order valence-corrected chi connectivity index (χ4v) is 1.49. The first kappa shape index (κ1) is 8.94. The van der Waals surface area contributed by atoms with Gasteiger partial charge in [0.2, 0.25) is 0 Å². The van der Waals surface area contributed by atoms with Crippen molar-refractivity contribution in [3.05, 3.63) is 41.9 Å². The van der Waals surface area contributed by atoms with Gasteiger partial charge in [-0.25, -0.2) is 4.99 Å². The molecule has 0 aromatic carbocycles. The molecular weight excluding hydrogens is 174 g/mol. The van der Waals surface area contributed by atoms with Crippen molar-refractivity contribution in [1.82, 2.24) is 4.98 Å². The van der Waals surface area contributed by atoms with Gasteiger partial charge in [0.1, 0.15) is 0 Å². The SMILES string of the molecule is NC1=NC=C(Cc2cccnc2)CC1. The minimum atomic E-state index is 0.736. The van der Waals surface area contributed by atoms with Gasteiger partial charge < -0.3 is 5.73 Å². The number of hydrogen-bond acceptors (Lipinski definition) is 3. The fraction of sp³-hybridized carbons (Fsp3) is 0.273. The molecule has 14 heavy (non-hydrogen) atoms. The molecule has 3 heteroatoms. The highest BCUT2D eigenvalue weighted by Crippen LogP contribution is 2.15. The number of pyridine rings is 1. The summed E-state index contributed by atoms with van der Waals surface area (Å²) in [4.78, 5) is 8.20. The number of nitrogens with two attached hydrogens (primary N) is 1. The van der Waals surface area contributed by atoms with Crippen LogP contribution < -0.4 is 5.73 Å². The average molecular weight is 187 g/mol. The van der Waals surface area contributed by atoms with E-state index in [9.17, 15) is 0 Å². The van der Waals surface area contributed by atoms with E-state index in [1.165, 1.54) is 11.1 Å². The molecule has 1 aromatic rings. The lowest BCUT2D eigenvalue weighted by Gasteiger charge is -2.10. The predicted octanol–water partition coefficient (Wildman–Crippen LogP) is 1.66. The minimum Gasteiger partial charge on any atom is -0.387 e. The molecule has 0 bridgehead atoms. The molecule has 0 spiro atoms. The lowest BCUT2D eigenvalue weighted by atomic mass is 10.0. The molecule has 2 heterocycles. The summed E-state index contributed by atoms with van der Waals surface area (Å²) in [5.74, 6) is 0.736. The van der Waals surface area contributed by atoms with E-state index in [0.717, 1.165) is 25.1 Å². The summed E-state index contributed by atoms with van der Waals surface area (Å²) in [6.07, 6.45) is 8.39. The summed E-state index contributed by atoms with van der Waals surface area (Å²) in [6.45, 7) is 0. The largest absolute Gasteiger partial charge is 0.387 e. The standard InChI is InChI=1S/C11H13N3/c12-11-4-3-10(8-14-11)6-9-2-1-5-13-7-9/h1-2,5,7-8H,3-4,6H2,(H2,12,14). The van der Waals surface area contributed by atoms with Crippen molar-refractivity contribution < 1.29 is 0 Å². The molecular formula is C11H13N3. The van der Waals surface area contributed by atoms with E-state index >= 15 is 0 Å². The first-order chi connectivity index (χ1) is 6.84. The van der Waals surface area contributed by atoms with Gasteiger partial charge in [-0.05, 0) is 30.0 Å². The molecule has 2 rings (SSSR count). The molecule has 0 saturated carbocycles. The van der Waals surface area contributed by atoms with Crippen molar-refractivity contribution in [2.45, 2.75) is 19.3 Å². The lowest BCUT2D eigenvalue weighted by Crippen LogP contribution is -2.14. The molecule has 2 N–H and O–H groups in total. The molecule has 1 aromatic heterocycles. The predicted molar refractivity (Wildman–Crippen MR) is 56.9 cm³/mol. The second kappa shape index (κ2) is 4.05. The molecule has 0 atom stereocenters. The Bertz CT molecular complexity index is 365. The molecule has 0 saturated heterocycles. The summed E-state index contributed by atoms with van der Waals surface area (Å²) in [6, 6.07) is 4.03. The molecule has 0 unspecified atom stereocenters. The summed E-state index contributed by atoms with van der Waals surface area (Å²) in [7, 11) is 0. The number of rotatable bonds is 2. The Balaban J connectivity index is 2.06. The molecule has 1 aliphatic heterocycles. The van der Waals surface area contributed by atoms with E-state index in [1.54, 1.807) is 6.20 Å². The fourth-order valence-electron chi connectivity index (χ4n) is 1.49.